The van der Waals surface area contributed by atoms with Crippen LogP contribution in [0.3, 0.4) is 0 Å². The van der Waals surface area contributed by atoms with E-state index >= 15 is 0 Å². The van der Waals surface area contributed by atoms with Gasteiger partial charge in [-0.2, -0.15) is 0 Å². The molecule has 110 valence electrons. The number of nitrogens with two attached hydrogens (primary N) is 1. The number of nitrogens with zero attached hydrogens (tertiary/aromatic N) is 1. The smallest absolute Gasteiger partial charge is 0.327 e. The number of rotatable bonds is 4. The molecule has 19 heavy (non-hydrogen) atoms. The molecule has 2 fully saturated rings. The van der Waals surface area contributed by atoms with Crippen LogP contribution in [0, 0.1) is 11.8 Å². The molecule has 0 radical (unpaired) electrons. The van der Waals surface area contributed by atoms with E-state index in [1.54, 1.807) is 6.92 Å². The topological polar surface area (TPSA) is 55.6 Å². The van der Waals surface area contributed by atoms with Crippen LogP contribution in [0.4, 0.5) is 0 Å². The van der Waals surface area contributed by atoms with Crippen LogP contribution in [0.2, 0.25) is 0 Å². The van der Waals surface area contributed by atoms with Crippen LogP contribution in [-0.2, 0) is 9.53 Å². The lowest BCUT2D eigenvalue weighted by Crippen LogP contribution is -2.57. The van der Waals surface area contributed by atoms with Crippen molar-refractivity contribution in [3.8, 4) is 0 Å². The second-order valence-electron chi connectivity index (χ2n) is 6.47. The van der Waals surface area contributed by atoms with E-state index in [0.29, 0.717) is 13.2 Å². The van der Waals surface area contributed by atoms with Gasteiger partial charge >= 0.3 is 5.97 Å². The largest absolute Gasteiger partial charge is 0.465 e. The third-order valence-electron chi connectivity index (χ3n) is 4.67. The summed E-state index contributed by atoms with van der Waals surface area (Å²) in [5.41, 5.74) is 5.25. The molecule has 3 unspecified atom stereocenters. The molecule has 0 aromatic rings. The first-order valence-electron chi connectivity index (χ1n) is 7.71. The molecular weight excluding hydrogens is 240 g/mol. The summed E-state index contributed by atoms with van der Waals surface area (Å²) in [5, 5.41) is 0. The van der Waals surface area contributed by atoms with Gasteiger partial charge in [-0.25, -0.2) is 0 Å². The lowest BCUT2D eigenvalue weighted by molar-refractivity contribution is -0.150. The molecule has 0 bridgehead atoms. The molecule has 2 aliphatic rings. The van der Waals surface area contributed by atoms with Gasteiger partial charge in [0.2, 0.25) is 0 Å². The normalized spacial score (nSPS) is 31.3. The number of ether oxygens (including phenoxy) is 1. The molecule has 1 aliphatic heterocycles. The average molecular weight is 268 g/mol. The second-order valence-corrected chi connectivity index (χ2v) is 6.47. The van der Waals surface area contributed by atoms with Crippen LogP contribution in [0.25, 0.3) is 0 Å². The summed E-state index contributed by atoms with van der Waals surface area (Å²) >= 11 is 0. The highest BCUT2D eigenvalue weighted by atomic mass is 16.5. The first-order chi connectivity index (χ1) is 9.03. The lowest BCUT2D eigenvalue weighted by Gasteiger charge is -2.43. The summed E-state index contributed by atoms with van der Waals surface area (Å²) in [6.07, 6.45) is 6.78. The fourth-order valence-corrected chi connectivity index (χ4v) is 3.64. The van der Waals surface area contributed by atoms with Crippen molar-refractivity contribution in [2.45, 2.75) is 51.5 Å². The number of hydrogen-bond donors (Lipinski definition) is 1. The maximum absolute atomic E-state index is 11.8. The van der Waals surface area contributed by atoms with Gasteiger partial charge in [0, 0.05) is 13.1 Å². The van der Waals surface area contributed by atoms with Gasteiger partial charge in [-0.15, -0.1) is 0 Å². The Bertz CT molecular complexity index is 317. The third-order valence-corrected chi connectivity index (χ3v) is 4.67. The Kier molecular flexibility index (Phi) is 4.85. The number of carbonyl (C=O) groups excluding carboxylic acids is 1. The Balaban J connectivity index is 1.87. The van der Waals surface area contributed by atoms with E-state index in [2.05, 4.69) is 4.90 Å². The highest BCUT2D eigenvalue weighted by Gasteiger charge is 2.36. The molecular formula is C15H28N2O2. The monoisotopic (exact) mass is 268 g/mol. The molecule has 3 atom stereocenters. The van der Waals surface area contributed by atoms with Gasteiger partial charge in [-0.1, -0.05) is 19.3 Å². The molecule has 0 spiro atoms. The molecule has 1 saturated carbocycles. The van der Waals surface area contributed by atoms with Gasteiger partial charge in [0.1, 0.15) is 5.54 Å². The number of esters is 1. The lowest BCUT2D eigenvalue weighted by atomic mass is 9.75. The van der Waals surface area contributed by atoms with E-state index < -0.39 is 5.54 Å². The molecule has 4 heteroatoms. The fraction of sp³-hybridized carbons (Fsp3) is 0.933. The van der Waals surface area contributed by atoms with Crippen LogP contribution in [-0.4, -0.2) is 42.6 Å². The second kappa shape index (κ2) is 6.23. The number of carbonyl (C=O) groups is 1. The highest BCUT2D eigenvalue weighted by Crippen LogP contribution is 2.36. The van der Waals surface area contributed by atoms with Crippen molar-refractivity contribution >= 4 is 5.97 Å². The summed E-state index contributed by atoms with van der Waals surface area (Å²) in [6.45, 7) is 6.81. The minimum atomic E-state index is -0.877. The van der Waals surface area contributed by atoms with Gasteiger partial charge in [0.15, 0.2) is 0 Å². The van der Waals surface area contributed by atoms with E-state index in [9.17, 15) is 4.79 Å². The summed E-state index contributed by atoms with van der Waals surface area (Å²) in [5.74, 6) is 1.46. The van der Waals surface area contributed by atoms with Gasteiger partial charge in [0.25, 0.3) is 0 Å². The van der Waals surface area contributed by atoms with E-state index in [0.717, 1.165) is 24.9 Å². The Morgan fingerprint density at radius 2 is 2.00 bits per heavy atom. The molecule has 4 nitrogen and oxygen atoms in total. The average Bonchev–Trinajstić information content (AvgIpc) is 2.38. The van der Waals surface area contributed by atoms with Crippen LogP contribution >= 0.6 is 0 Å². The van der Waals surface area contributed by atoms with Gasteiger partial charge in [0.05, 0.1) is 6.61 Å². The molecule has 1 aliphatic carbocycles. The molecule has 2 N–H and O–H groups in total. The zero-order valence-electron chi connectivity index (χ0n) is 12.4. The zero-order chi connectivity index (χ0) is 13.9. The third kappa shape index (κ3) is 3.69. The van der Waals surface area contributed by atoms with Crippen molar-refractivity contribution in [2.75, 3.05) is 26.2 Å². The minimum Gasteiger partial charge on any atom is -0.465 e. The Morgan fingerprint density at radius 1 is 1.32 bits per heavy atom. The Hall–Kier alpha value is -0.610. The van der Waals surface area contributed by atoms with Crippen molar-refractivity contribution in [1.29, 1.82) is 0 Å². The van der Waals surface area contributed by atoms with E-state index in [1.807, 2.05) is 6.92 Å². The molecule has 0 amide bonds. The molecule has 1 heterocycles. The standard InChI is InChI=1S/C15H28N2O2/c1-3-19-14(18)15(2,16)11-17-9-8-12-6-4-5-7-13(12)10-17/h12-13H,3-11,16H2,1-2H3. The van der Waals surface area contributed by atoms with E-state index in [4.69, 9.17) is 10.5 Å². The minimum absolute atomic E-state index is 0.277. The number of fused-ring (bicyclic) bond motifs is 1. The van der Waals surface area contributed by atoms with E-state index in [1.165, 1.54) is 32.1 Å². The van der Waals surface area contributed by atoms with Gasteiger partial charge < -0.3 is 15.4 Å². The fourth-order valence-electron chi connectivity index (χ4n) is 3.64. The predicted molar refractivity (Wildman–Crippen MR) is 75.7 cm³/mol. The number of hydrogen-bond acceptors (Lipinski definition) is 4. The van der Waals surface area contributed by atoms with Crippen molar-refractivity contribution in [3.63, 3.8) is 0 Å². The van der Waals surface area contributed by atoms with Crippen molar-refractivity contribution in [3.05, 3.63) is 0 Å². The summed E-state index contributed by atoms with van der Waals surface area (Å²) < 4.78 is 5.06. The predicted octanol–water partition coefficient (Wildman–Crippen LogP) is 1.78. The SMILES string of the molecule is CCOC(=O)C(C)(N)CN1CCC2CCCCC2C1. The summed E-state index contributed by atoms with van der Waals surface area (Å²) in [6, 6.07) is 0. The van der Waals surface area contributed by atoms with Crippen LogP contribution in [0.15, 0.2) is 0 Å². The number of likely N-dealkylation sites (tertiary alicyclic amines) is 1. The van der Waals surface area contributed by atoms with Gasteiger partial charge in [-0.05, 0) is 45.1 Å². The number of piperidine rings is 1. The quantitative estimate of drug-likeness (QED) is 0.790. The Morgan fingerprint density at radius 3 is 2.68 bits per heavy atom. The zero-order valence-corrected chi connectivity index (χ0v) is 12.4. The van der Waals surface area contributed by atoms with Crippen LogP contribution in [0.1, 0.15) is 46.0 Å². The molecule has 0 aromatic heterocycles. The van der Waals surface area contributed by atoms with Gasteiger partial charge in [-0.3, -0.25) is 4.79 Å². The summed E-state index contributed by atoms with van der Waals surface area (Å²) in [4.78, 5) is 14.2. The molecule has 0 aromatic carbocycles. The first kappa shape index (κ1) is 14.8. The van der Waals surface area contributed by atoms with E-state index in [-0.39, 0.29) is 5.97 Å². The molecule has 2 rings (SSSR count). The molecule has 1 saturated heterocycles. The van der Waals surface area contributed by atoms with Crippen molar-refractivity contribution < 1.29 is 9.53 Å². The Labute approximate surface area is 116 Å². The van der Waals surface area contributed by atoms with Crippen molar-refractivity contribution in [2.24, 2.45) is 17.6 Å². The van der Waals surface area contributed by atoms with Crippen molar-refractivity contribution in [1.82, 2.24) is 4.90 Å². The summed E-state index contributed by atoms with van der Waals surface area (Å²) in [7, 11) is 0. The highest BCUT2D eigenvalue weighted by molar-refractivity contribution is 5.80. The maximum atomic E-state index is 11.8. The first-order valence-corrected chi connectivity index (χ1v) is 7.71. The van der Waals surface area contributed by atoms with Crippen LogP contribution < -0.4 is 5.73 Å². The van der Waals surface area contributed by atoms with Crippen LogP contribution in [0.5, 0.6) is 0 Å². The maximum Gasteiger partial charge on any atom is 0.327 e.